The van der Waals surface area contributed by atoms with Crippen molar-refractivity contribution in [2.75, 3.05) is 27.4 Å². The summed E-state index contributed by atoms with van der Waals surface area (Å²) in [6.45, 7) is 0.949. The summed E-state index contributed by atoms with van der Waals surface area (Å²) < 4.78 is 13.0. The molecule has 2 amide bonds. The highest BCUT2D eigenvalue weighted by atomic mass is 35.5. The van der Waals surface area contributed by atoms with Crippen molar-refractivity contribution in [2.24, 2.45) is 0 Å². The fourth-order valence-corrected chi connectivity index (χ4v) is 5.07. The van der Waals surface area contributed by atoms with Crippen molar-refractivity contribution >= 4 is 45.2 Å². The van der Waals surface area contributed by atoms with Crippen LogP contribution in [0, 0.1) is 0 Å². The van der Waals surface area contributed by atoms with Gasteiger partial charge in [0.15, 0.2) is 0 Å². The summed E-state index contributed by atoms with van der Waals surface area (Å²) in [5.41, 5.74) is 4.42. The molecule has 34 heavy (non-hydrogen) atoms. The first-order valence-corrected chi connectivity index (χ1v) is 11.3. The van der Waals surface area contributed by atoms with Crippen molar-refractivity contribution in [2.45, 2.75) is 13.0 Å². The average molecular weight is 479 g/mol. The van der Waals surface area contributed by atoms with Crippen LogP contribution in [0.2, 0.25) is 5.02 Å². The second-order valence-corrected chi connectivity index (χ2v) is 8.54. The van der Waals surface area contributed by atoms with Gasteiger partial charge < -0.3 is 19.1 Å². The first kappa shape index (κ1) is 22.4. The number of benzene rings is 3. The number of hydrogen-bond acceptors (Lipinski definition) is 5. The standard InChI is InChI=1S/C26H23ClN2O5/c1-33-10-8-29-19-11-14(7-9-30)21(34-2)13-17(19)22-20(29)12-16(15-5-3-4-6-18(15)27)23-24(22)26(32)28-25(23)31/h3-6,11-13,30H,7-10H2,1-2H3,(H,28,31,32). The number of carbonyl (C=O) groups is 2. The van der Waals surface area contributed by atoms with Crippen molar-refractivity contribution in [3.8, 4) is 16.9 Å². The lowest BCUT2D eigenvalue weighted by molar-refractivity contribution is 0.0880. The minimum absolute atomic E-state index is 0.0247. The topological polar surface area (TPSA) is 89.8 Å². The van der Waals surface area contributed by atoms with Crippen LogP contribution in [0.5, 0.6) is 5.75 Å². The van der Waals surface area contributed by atoms with E-state index in [1.165, 1.54) is 0 Å². The van der Waals surface area contributed by atoms with Crippen LogP contribution >= 0.6 is 11.6 Å². The highest BCUT2D eigenvalue weighted by Gasteiger charge is 2.35. The van der Waals surface area contributed by atoms with Gasteiger partial charge in [-0.25, -0.2) is 0 Å². The summed E-state index contributed by atoms with van der Waals surface area (Å²) in [5, 5.41) is 14.0. The number of carbonyl (C=O) groups excluding carboxylic acids is 2. The number of nitrogens with one attached hydrogen (secondary N) is 1. The van der Waals surface area contributed by atoms with E-state index in [2.05, 4.69) is 9.88 Å². The number of methoxy groups -OCH3 is 2. The normalized spacial score (nSPS) is 13.1. The molecule has 0 unspecified atom stereocenters. The lowest BCUT2D eigenvalue weighted by Crippen LogP contribution is -2.20. The first-order valence-electron chi connectivity index (χ1n) is 10.9. The molecule has 0 spiro atoms. The molecule has 0 fully saturated rings. The Morgan fingerprint density at radius 1 is 1.00 bits per heavy atom. The van der Waals surface area contributed by atoms with Crippen molar-refractivity contribution in [1.29, 1.82) is 0 Å². The zero-order chi connectivity index (χ0) is 24.0. The predicted molar refractivity (Wildman–Crippen MR) is 131 cm³/mol. The van der Waals surface area contributed by atoms with Gasteiger partial charge in [0.05, 0.1) is 30.4 Å². The molecular weight excluding hydrogens is 456 g/mol. The lowest BCUT2D eigenvalue weighted by atomic mass is 9.92. The maximum absolute atomic E-state index is 13.1. The number of hydrogen-bond donors (Lipinski definition) is 2. The molecule has 2 N–H and O–H groups in total. The second kappa shape index (κ2) is 8.76. The molecule has 0 radical (unpaired) electrons. The Hall–Kier alpha value is -3.39. The summed E-state index contributed by atoms with van der Waals surface area (Å²) in [6, 6.07) is 13.0. The Morgan fingerprint density at radius 2 is 1.76 bits per heavy atom. The van der Waals surface area contributed by atoms with Gasteiger partial charge in [0.1, 0.15) is 5.75 Å². The SMILES string of the molecule is COCCn1c2cc(CCO)c(OC)cc2c2c3c(c(-c4ccccc4Cl)cc21)C(=O)NC3=O. The summed E-state index contributed by atoms with van der Waals surface area (Å²) in [7, 11) is 3.20. The van der Waals surface area contributed by atoms with Gasteiger partial charge in [-0.2, -0.15) is 0 Å². The molecule has 0 saturated carbocycles. The highest BCUT2D eigenvalue weighted by molar-refractivity contribution is 6.36. The molecule has 3 aromatic carbocycles. The van der Waals surface area contributed by atoms with E-state index in [0.717, 1.165) is 22.0 Å². The van der Waals surface area contributed by atoms with E-state index in [-0.39, 0.29) is 6.61 Å². The monoisotopic (exact) mass is 478 g/mol. The van der Waals surface area contributed by atoms with E-state index in [1.54, 1.807) is 20.3 Å². The Labute approximate surface area is 200 Å². The third kappa shape index (κ3) is 3.36. The van der Waals surface area contributed by atoms with Crippen LogP contribution in [-0.4, -0.2) is 48.9 Å². The third-order valence-corrected chi connectivity index (χ3v) is 6.63. The number of rotatable bonds is 7. The van der Waals surface area contributed by atoms with Crippen molar-refractivity contribution in [3.63, 3.8) is 0 Å². The zero-order valence-corrected chi connectivity index (χ0v) is 19.5. The highest BCUT2D eigenvalue weighted by Crippen LogP contribution is 2.43. The number of ether oxygens (including phenoxy) is 2. The molecular formula is C26H23ClN2O5. The minimum Gasteiger partial charge on any atom is -0.496 e. The van der Waals surface area contributed by atoms with Gasteiger partial charge in [-0.05, 0) is 41.8 Å². The van der Waals surface area contributed by atoms with Crippen LogP contribution in [0.1, 0.15) is 26.3 Å². The maximum atomic E-state index is 13.1. The van der Waals surface area contributed by atoms with Gasteiger partial charge in [0.25, 0.3) is 11.8 Å². The van der Waals surface area contributed by atoms with Crippen LogP contribution < -0.4 is 10.1 Å². The van der Waals surface area contributed by atoms with Gasteiger partial charge in [-0.15, -0.1) is 0 Å². The maximum Gasteiger partial charge on any atom is 0.259 e. The van der Waals surface area contributed by atoms with E-state index in [1.807, 2.05) is 36.4 Å². The quantitative estimate of drug-likeness (QED) is 0.389. The van der Waals surface area contributed by atoms with E-state index < -0.39 is 11.8 Å². The molecule has 1 aliphatic rings. The van der Waals surface area contributed by atoms with Crippen molar-refractivity contribution in [3.05, 3.63) is 64.2 Å². The Bertz CT molecular complexity index is 1470. The molecule has 0 aliphatic carbocycles. The Morgan fingerprint density at radius 3 is 2.47 bits per heavy atom. The summed E-state index contributed by atoms with van der Waals surface area (Å²) in [4.78, 5) is 26.0. The molecule has 7 nitrogen and oxygen atoms in total. The van der Waals surface area contributed by atoms with Crippen LogP contribution in [0.4, 0.5) is 0 Å². The number of amides is 2. The van der Waals surface area contributed by atoms with Gasteiger partial charge in [-0.1, -0.05) is 29.8 Å². The number of imide groups is 1. The van der Waals surface area contributed by atoms with Crippen LogP contribution in [-0.2, 0) is 17.7 Å². The lowest BCUT2D eigenvalue weighted by Gasteiger charge is -2.12. The molecule has 2 heterocycles. The van der Waals surface area contributed by atoms with Crippen molar-refractivity contribution in [1.82, 2.24) is 9.88 Å². The average Bonchev–Trinajstić information content (AvgIpc) is 3.29. The van der Waals surface area contributed by atoms with Gasteiger partial charge in [-0.3, -0.25) is 14.9 Å². The number of fused-ring (bicyclic) bond motifs is 5. The second-order valence-electron chi connectivity index (χ2n) is 8.13. The molecule has 0 atom stereocenters. The van der Waals surface area contributed by atoms with Crippen LogP contribution in [0.25, 0.3) is 32.9 Å². The van der Waals surface area contributed by atoms with E-state index in [4.69, 9.17) is 21.1 Å². The molecule has 1 aromatic heterocycles. The zero-order valence-electron chi connectivity index (χ0n) is 18.8. The predicted octanol–water partition coefficient (Wildman–Crippen LogP) is 4.19. The number of halogens is 1. The minimum atomic E-state index is -0.446. The molecule has 4 aromatic rings. The molecule has 0 saturated heterocycles. The molecule has 174 valence electrons. The fraction of sp³-hybridized carbons (Fsp3) is 0.231. The van der Waals surface area contributed by atoms with Gasteiger partial charge in [0.2, 0.25) is 0 Å². The van der Waals surface area contributed by atoms with Crippen LogP contribution in [0.3, 0.4) is 0 Å². The molecule has 5 rings (SSSR count). The Balaban J connectivity index is 1.96. The fourth-order valence-electron chi connectivity index (χ4n) is 4.83. The molecule has 0 bridgehead atoms. The molecule has 1 aliphatic heterocycles. The Kier molecular flexibility index (Phi) is 5.77. The number of aliphatic hydroxyl groups is 1. The summed E-state index contributed by atoms with van der Waals surface area (Å²) >= 11 is 6.51. The largest absolute Gasteiger partial charge is 0.496 e. The van der Waals surface area contributed by atoms with Gasteiger partial charge >= 0.3 is 0 Å². The van der Waals surface area contributed by atoms with Gasteiger partial charge in [0, 0.05) is 47.1 Å². The van der Waals surface area contributed by atoms with E-state index in [9.17, 15) is 14.7 Å². The van der Waals surface area contributed by atoms with Crippen LogP contribution in [0.15, 0.2) is 42.5 Å². The molecule has 8 heteroatoms. The number of nitrogens with zero attached hydrogens (tertiary/aromatic N) is 1. The number of aliphatic hydroxyl groups excluding tert-OH is 1. The summed E-state index contributed by atoms with van der Waals surface area (Å²) in [6.07, 6.45) is 0.423. The summed E-state index contributed by atoms with van der Waals surface area (Å²) in [5.74, 6) is -0.275. The smallest absolute Gasteiger partial charge is 0.259 e. The van der Waals surface area contributed by atoms with E-state index in [0.29, 0.717) is 58.0 Å². The van der Waals surface area contributed by atoms with E-state index >= 15 is 0 Å². The first-order chi connectivity index (χ1) is 16.5. The van der Waals surface area contributed by atoms with Crippen molar-refractivity contribution < 1.29 is 24.2 Å². The number of aromatic nitrogens is 1. The third-order valence-electron chi connectivity index (χ3n) is 6.30.